The summed E-state index contributed by atoms with van der Waals surface area (Å²) in [5.74, 6) is -0.169. The second-order valence-corrected chi connectivity index (χ2v) is 3.29. The third-order valence-electron chi connectivity index (χ3n) is 2.13. The van der Waals surface area contributed by atoms with Crippen LogP contribution in [0.2, 0.25) is 0 Å². The summed E-state index contributed by atoms with van der Waals surface area (Å²) in [5, 5.41) is 0. The minimum Gasteiger partial charge on any atom is -0.496 e. The van der Waals surface area contributed by atoms with Crippen LogP contribution < -0.4 is 4.74 Å². The predicted octanol–water partition coefficient (Wildman–Crippen LogP) is 1.84. The standard InChI is InChI=1S/C13H14O4/c1-16-12-6-4-3-5-10(12)7-8-11(14)9-13(15)17-2/h3-8H,9H2,1-2H3/b8-7+. The predicted molar refractivity (Wildman–Crippen MR) is 63.7 cm³/mol. The fourth-order valence-electron chi connectivity index (χ4n) is 1.26. The smallest absolute Gasteiger partial charge is 0.313 e. The molecule has 4 heteroatoms. The van der Waals surface area contributed by atoms with Crippen molar-refractivity contribution < 1.29 is 19.1 Å². The molecule has 4 nitrogen and oxygen atoms in total. The van der Waals surface area contributed by atoms with Crippen molar-refractivity contribution in [3.05, 3.63) is 35.9 Å². The summed E-state index contributed by atoms with van der Waals surface area (Å²) >= 11 is 0. The molecular formula is C13H14O4. The summed E-state index contributed by atoms with van der Waals surface area (Å²) in [4.78, 5) is 22.2. The molecule has 0 bridgehead atoms. The highest BCUT2D eigenvalue weighted by Gasteiger charge is 2.06. The SMILES string of the molecule is COC(=O)CC(=O)/C=C/c1ccccc1OC. The summed E-state index contributed by atoms with van der Waals surface area (Å²) in [7, 11) is 2.81. The van der Waals surface area contributed by atoms with Gasteiger partial charge in [-0.3, -0.25) is 9.59 Å². The van der Waals surface area contributed by atoms with E-state index >= 15 is 0 Å². The second kappa shape index (κ2) is 6.48. The Morgan fingerprint density at radius 2 is 1.94 bits per heavy atom. The van der Waals surface area contributed by atoms with Gasteiger partial charge in [0.1, 0.15) is 12.2 Å². The molecule has 1 aromatic rings. The summed E-state index contributed by atoms with van der Waals surface area (Å²) < 4.78 is 9.53. The summed E-state index contributed by atoms with van der Waals surface area (Å²) in [5.41, 5.74) is 0.785. The number of allylic oxidation sites excluding steroid dienone is 1. The topological polar surface area (TPSA) is 52.6 Å². The van der Waals surface area contributed by atoms with Gasteiger partial charge in [0.05, 0.1) is 14.2 Å². The second-order valence-electron chi connectivity index (χ2n) is 3.29. The van der Waals surface area contributed by atoms with Crippen LogP contribution in [0.3, 0.4) is 0 Å². The molecule has 1 rings (SSSR count). The molecule has 17 heavy (non-hydrogen) atoms. The lowest BCUT2D eigenvalue weighted by Gasteiger charge is -2.02. The van der Waals surface area contributed by atoms with Crippen molar-refractivity contribution in [3.8, 4) is 5.75 Å². The summed E-state index contributed by atoms with van der Waals surface area (Å²) in [6.07, 6.45) is 2.71. The van der Waals surface area contributed by atoms with Crippen molar-refractivity contribution in [2.24, 2.45) is 0 Å². The van der Waals surface area contributed by atoms with Gasteiger partial charge in [0.15, 0.2) is 5.78 Å². The van der Waals surface area contributed by atoms with E-state index in [1.807, 2.05) is 18.2 Å². The largest absolute Gasteiger partial charge is 0.496 e. The highest BCUT2D eigenvalue weighted by molar-refractivity contribution is 6.04. The number of para-hydroxylation sites is 1. The van der Waals surface area contributed by atoms with Crippen LogP contribution in [0.4, 0.5) is 0 Å². The number of ketones is 1. The molecule has 0 saturated heterocycles. The van der Waals surface area contributed by atoms with Crippen LogP contribution >= 0.6 is 0 Å². The van der Waals surface area contributed by atoms with Crippen molar-refractivity contribution in [1.82, 2.24) is 0 Å². The van der Waals surface area contributed by atoms with Crippen molar-refractivity contribution in [2.75, 3.05) is 14.2 Å². The highest BCUT2D eigenvalue weighted by Crippen LogP contribution is 2.18. The third kappa shape index (κ3) is 4.10. The number of carbonyl (C=O) groups excluding carboxylic acids is 2. The van der Waals surface area contributed by atoms with E-state index in [1.54, 1.807) is 19.3 Å². The monoisotopic (exact) mass is 234 g/mol. The van der Waals surface area contributed by atoms with Crippen LogP contribution in [0.1, 0.15) is 12.0 Å². The normalized spacial score (nSPS) is 10.2. The van der Waals surface area contributed by atoms with Crippen molar-refractivity contribution in [3.63, 3.8) is 0 Å². The first-order valence-corrected chi connectivity index (χ1v) is 5.08. The lowest BCUT2D eigenvalue weighted by Crippen LogP contribution is -2.06. The van der Waals surface area contributed by atoms with Gasteiger partial charge in [0.2, 0.25) is 0 Å². The van der Waals surface area contributed by atoms with E-state index in [4.69, 9.17) is 4.74 Å². The van der Waals surface area contributed by atoms with E-state index < -0.39 is 5.97 Å². The minimum absolute atomic E-state index is 0.248. The molecule has 0 fully saturated rings. The zero-order valence-electron chi connectivity index (χ0n) is 9.80. The Morgan fingerprint density at radius 1 is 1.24 bits per heavy atom. The average Bonchev–Trinajstić information content (AvgIpc) is 2.36. The molecule has 0 atom stereocenters. The molecule has 0 spiro atoms. The van der Waals surface area contributed by atoms with Crippen LogP contribution in [-0.4, -0.2) is 26.0 Å². The Bertz CT molecular complexity index is 435. The molecule has 0 aliphatic rings. The maximum atomic E-state index is 11.4. The van der Waals surface area contributed by atoms with Crippen molar-refractivity contribution >= 4 is 17.8 Å². The molecule has 1 aromatic carbocycles. The molecular weight excluding hydrogens is 220 g/mol. The molecule has 0 heterocycles. The molecule has 0 aliphatic carbocycles. The van der Waals surface area contributed by atoms with Gasteiger partial charge in [-0.2, -0.15) is 0 Å². The van der Waals surface area contributed by atoms with E-state index in [0.29, 0.717) is 5.75 Å². The van der Waals surface area contributed by atoms with Crippen molar-refractivity contribution in [2.45, 2.75) is 6.42 Å². The lowest BCUT2D eigenvalue weighted by atomic mass is 10.1. The number of ether oxygens (including phenoxy) is 2. The number of benzene rings is 1. The Labute approximate surface area is 99.8 Å². The number of hydrogen-bond acceptors (Lipinski definition) is 4. The molecule has 0 N–H and O–H groups in total. The fourth-order valence-corrected chi connectivity index (χ4v) is 1.26. The lowest BCUT2D eigenvalue weighted by molar-refractivity contribution is -0.142. The van der Waals surface area contributed by atoms with Crippen LogP contribution in [0.15, 0.2) is 30.3 Å². The molecule has 0 saturated carbocycles. The van der Waals surface area contributed by atoms with E-state index in [1.165, 1.54) is 13.2 Å². The number of carbonyl (C=O) groups is 2. The minimum atomic E-state index is -0.542. The molecule has 90 valence electrons. The van der Waals surface area contributed by atoms with E-state index in [2.05, 4.69) is 4.74 Å². The quantitative estimate of drug-likeness (QED) is 0.443. The van der Waals surface area contributed by atoms with Gasteiger partial charge in [-0.1, -0.05) is 18.2 Å². The molecule has 0 aliphatic heterocycles. The van der Waals surface area contributed by atoms with Crippen LogP contribution in [0.25, 0.3) is 6.08 Å². The van der Waals surface area contributed by atoms with Crippen molar-refractivity contribution in [1.29, 1.82) is 0 Å². The van der Waals surface area contributed by atoms with Gasteiger partial charge in [-0.05, 0) is 18.2 Å². The molecule has 0 amide bonds. The Morgan fingerprint density at radius 3 is 2.59 bits per heavy atom. The zero-order valence-corrected chi connectivity index (χ0v) is 9.80. The average molecular weight is 234 g/mol. The summed E-state index contributed by atoms with van der Waals surface area (Å²) in [6.45, 7) is 0. The molecule has 0 aromatic heterocycles. The maximum absolute atomic E-state index is 11.4. The third-order valence-corrected chi connectivity index (χ3v) is 2.13. The van der Waals surface area contributed by atoms with Gasteiger partial charge in [-0.25, -0.2) is 0 Å². The van der Waals surface area contributed by atoms with Gasteiger partial charge in [0, 0.05) is 5.56 Å². The zero-order chi connectivity index (χ0) is 12.7. The first-order valence-electron chi connectivity index (χ1n) is 5.08. The Kier molecular flexibility index (Phi) is 4.94. The number of rotatable bonds is 5. The Hall–Kier alpha value is -2.10. The van der Waals surface area contributed by atoms with E-state index in [-0.39, 0.29) is 12.2 Å². The van der Waals surface area contributed by atoms with Crippen LogP contribution in [-0.2, 0) is 14.3 Å². The number of hydrogen-bond donors (Lipinski definition) is 0. The van der Waals surface area contributed by atoms with Crippen LogP contribution in [0, 0.1) is 0 Å². The van der Waals surface area contributed by atoms with Gasteiger partial charge >= 0.3 is 5.97 Å². The Balaban J connectivity index is 2.70. The van der Waals surface area contributed by atoms with Gasteiger partial charge in [0.25, 0.3) is 0 Å². The first kappa shape index (κ1) is 13.0. The van der Waals surface area contributed by atoms with Gasteiger partial charge in [-0.15, -0.1) is 0 Å². The molecule has 0 unspecified atom stereocenters. The number of methoxy groups -OCH3 is 2. The maximum Gasteiger partial charge on any atom is 0.313 e. The highest BCUT2D eigenvalue weighted by atomic mass is 16.5. The van der Waals surface area contributed by atoms with E-state index in [9.17, 15) is 9.59 Å². The molecule has 0 radical (unpaired) electrons. The van der Waals surface area contributed by atoms with Crippen LogP contribution in [0.5, 0.6) is 5.75 Å². The fraction of sp³-hybridized carbons (Fsp3) is 0.231. The first-order chi connectivity index (χ1) is 8.17. The summed E-state index contributed by atoms with van der Waals surface area (Å²) in [6, 6.07) is 7.30. The van der Waals surface area contributed by atoms with E-state index in [0.717, 1.165) is 5.56 Å². The number of esters is 1. The van der Waals surface area contributed by atoms with Gasteiger partial charge < -0.3 is 9.47 Å².